The van der Waals surface area contributed by atoms with E-state index >= 15 is 0 Å². The first-order valence-electron chi connectivity index (χ1n) is 6.17. The molecule has 0 aliphatic carbocycles. The van der Waals surface area contributed by atoms with E-state index in [4.69, 9.17) is 4.74 Å². The first-order chi connectivity index (χ1) is 8.72. The molecule has 0 saturated carbocycles. The van der Waals surface area contributed by atoms with Crippen LogP contribution in [0.5, 0.6) is 5.75 Å². The van der Waals surface area contributed by atoms with Gasteiger partial charge in [0.1, 0.15) is 12.4 Å². The first-order valence-corrected chi connectivity index (χ1v) is 6.96. The van der Waals surface area contributed by atoms with Crippen LogP contribution in [0.15, 0.2) is 34.8 Å². The van der Waals surface area contributed by atoms with Crippen LogP contribution in [0.25, 0.3) is 0 Å². The van der Waals surface area contributed by atoms with Crippen LogP contribution in [-0.2, 0) is 19.6 Å². The Kier molecular flexibility index (Phi) is 4.42. The molecule has 0 N–H and O–H groups in total. The van der Waals surface area contributed by atoms with E-state index in [1.54, 1.807) is 0 Å². The number of rotatable bonds is 5. The van der Waals surface area contributed by atoms with Crippen molar-refractivity contribution in [1.29, 1.82) is 0 Å². The summed E-state index contributed by atoms with van der Waals surface area (Å²) in [7, 11) is 0. The second-order valence-corrected chi connectivity index (χ2v) is 4.95. The van der Waals surface area contributed by atoms with Crippen molar-refractivity contribution in [3.63, 3.8) is 0 Å². The van der Waals surface area contributed by atoms with Crippen LogP contribution < -0.4 is 4.74 Å². The second kappa shape index (κ2) is 6.05. The molecule has 2 aromatic rings. The summed E-state index contributed by atoms with van der Waals surface area (Å²) in [5.41, 5.74) is 2.24. The Labute approximate surface area is 116 Å². The molecule has 0 amide bonds. The standard InChI is InChI=1S/C14H17BrN2O/c1-3-12-9-13(17(4-2)16-12)10-18-14-7-5-11(15)6-8-14/h5-9H,3-4,10H2,1-2H3. The lowest BCUT2D eigenvalue weighted by Crippen LogP contribution is -2.06. The molecule has 0 atom stereocenters. The predicted octanol–water partition coefficient (Wildman–Crippen LogP) is 3.81. The molecule has 0 spiro atoms. The average Bonchev–Trinajstić information content (AvgIpc) is 2.80. The highest BCUT2D eigenvalue weighted by Crippen LogP contribution is 2.17. The van der Waals surface area contributed by atoms with E-state index in [9.17, 15) is 0 Å². The zero-order valence-corrected chi connectivity index (χ0v) is 12.3. The van der Waals surface area contributed by atoms with Gasteiger partial charge >= 0.3 is 0 Å². The summed E-state index contributed by atoms with van der Waals surface area (Å²) in [5, 5.41) is 4.50. The molecule has 3 nitrogen and oxygen atoms in total. The van der Waals surface area contributed by atoms with Crippen molar-refractivity contribution in [3.05, 3.63) is 46.2 Å². The van der Waals surface area contributed by atoms with Crippen LogP contribution in [0.4, 0.5) is 0 Å². The lowest BCUT2D eigenvalue weighted by atomic mass is 10.3. The number of aryl methyl sites for hydroxylation is 2. The molecule has 2 rings (SSSR count). The highest BCUT2D eigenvalue weighted by Gasteiger charge is 2.06. The minimum Gasteiger partial charge on any atom is -0.487 e. The monoisotopic (exact) mass is 308 g/mol. The Hall–Kier alpha value is -1.29. The Bertz CT molecular complexity index is 505. The number of hydrogen-bond donors (Lipinski definition) is 0. The number of hydrogen-bond acceptors (Lipinski definition) is 2. The molecule has 1 heterocycles. The Morgan fingerprint density at radius 2 is 1.94 bits per heavy atom. The molecule has 0 fully saturated rings. The van der Waals surface area contributed by atoms with Crippen LogP contribution in [-0.4, -0.2) is 9.78 Å². The molecule has 0 aliphatic rings. The number of aromatic nitrogens is 2. The van der Waals surface area contributed by atoms with Crippen LogP contribution in [0.2, 0.25) is 0 Å². The predicted molar refractivity (Wildman–Crippen MR) is 75.8 cm³/mol. The van der Waals surface area contributed by atoms with E-state index in [-0.39, 0.29) is 0 Å². The maximum atomic E-state index is 5.77. The third kappa shape index (κ3) is 3.13. The van der Waals surface area contributed by atoms with Crippen LogP contribution >= 0.6 is 15.9 Å². The third-order valence-corrected chi connectivity index (χ3v) is 3.30. The van der Waals surface area contributed by atoms with Crippen LogP contribution in [0.1, 0.15) is 25.2 Å². The molecule has 4 heteroatoms. The topological polar surface area (TPSA) is 27.1 Å². The normalized spacial score (nSPS) is 10.6. The second-order valence-electron chi connectivity index (χ2n) is 4.04. The average molecular weight is 309 g/mol. The molecule has 0 radical (unpaired) electrons. The molecular formula is C14H17BrN2O. The van der Waals surface area contributed by atoms with Crippen molar-refractivity contribution in [1.82, 2.24) is 9.78 Å². The molecular weight excluding hydrogens is 292 g/mol. The summed E-state index contributed by atoms with van der Waals surface area (Å²) in [6.45, 7) is 5.64. The lowest BCUT2D eigenvalue weighted by molar-refractivity contribution is 0.292. The quantitative estimate of drug-likeness (QED) is 0.840. The first kappa shape index (κ1) is 13.1. The molecule has 1 aromatic heterocycles. The van der Waals surface area contributed by atoms with E-state index in [1.807, 2.05) is 28.9 Å². The maximum Gasteiger partial charge on any atom is 0.130 e. The summed E-state index contributed by atoms with van der Waals surface area (Å²) >= 11 is 3.41. The zero-order valence-electron chi connectivity index (χ0n) is 10.7. The highest BCUT2D eigenvalue weighted by molar-refractivity contribution is 9.10. The van der Waals surface area contributed by atoms with Gasteiger partial charge in [-0.05, 0) is 43.7 Å². The number of nitrogens with zero attached hydrogens (tertiary/aromatic N) is 2. The van der Waals surface area contributed by atoms with Crippen LogP contribution in [0, 0.1) is 0 Å². The van der Waals surface area contributed by atoms with Gasteiger partial charge in [-0.1, -0.05) is 22.9 Å². The van der Waals surface area contributed by atoms with Gasteiger partial charge in [0.2, 0.25) is 0 Å². The van der Waals surface area contributed by atoms with Gasteiger partial charge in [-0.15, -0.1) is 0 Å². The van der Waals surface area contributed by atoms with E-state index in [1.165, 1.54) is 0 Å². The molecule has 0 bridgehead atoms. The molecule has 96 valence electrons. The van der Waals surface area contributed by atoms with Crippen molar-refractivity contribution in [2.24, 2.45) is 0 Å². The summed E-state index contributed by atoms with van der Waals surface area (Å²) < 4.78 is 8.82. The smallest absolute Gasteiger partial charge is 0.130 e. The van der Waals surface area contributed by atoms with Crippen molar-refractivity contribution >= 4 is 15.9 Å². The lowest BCUT2D eigenvalue weighted by Gasteiger charge is -2.07. The third-order valence-electron chi connectivity index (χ3n) is 2.78. The summed E-state index contributed by atoms with van der Waals surface area (Å²) in [4.78, 5) is 0. The van der Waals surface area contributed by atoms with E-state index in [0.717, 1.165) is 34.6 Å². The minimum atomic E-state index is 0.558. The molecule has 18 heavy (non-hydrogen) atoms. The van der Waals surface area contributed by atoms with Crippen molar-refractivity contribution in [3.8, 4) is 5.75 Å². The van der Waals surface area contributed by atoms with Crippen molar-refractivity contribution < 1.29 is 4.74 Å². The van der Waals surface area contributed by atoms with Gasteiger partial charge in [-0.25, -0.2) is 0 Å². The van der Waals surface area contributed by atoms with Crippen molar-refractivity contribution in [2.45, 2.75) is 33.4 Å². The van der Waals surface area contributed by atoms with Gasteiger partial charge in [0, 0.05) is 11.0 Å². The van der Waals surface area contributed by atoms with E-state index in [0.29, 0.717) is 6.61 Å². The van der Waals surface area contributed by atoms with Gasteiger partial charge in [0.15, 0.2) is 0 Å². The fourth-order valence-corrected chi connectivity index (χ4v) is 2.03. The summed E-state index contributed by atoms with van der Waals surface area (Å²) in [5.74, 6) is 0.875. The summed E-state index contributed by atoms with van der Waals surface area (Å²) in [6.07, 6.45) is 0.957. The Balaban J connectivity index is 2.05. The minimum absolute atomic E-state index is 0.558. The van der Waals surface area contributed by atoms with Crippen LogP contribution in [0.3, 0.4) is 0 Å². The van der Waals surface area contributed by atoms with Gasteiger partial charge in [0.05, 0.1) is 11.4 Å². The number of benzene rings is 1. The summed E-state index contributed by atoms with van der Waals surface area (Å²) in [6, 6.07) is 9.98. The van der Waals surface area contributed by atoms with Gasteiger partial charge in [0.25, 0.3) is 0 Å². The molecule has 0 aliphatic heterocycles. The van der Waals surface area contributed by atoms with Crippen molar-refractivity contribution in [2.75, 3.05) is 0 Å². The van der Waals surface area contributed by atoms with E-state index < -0.39 is 0 Å². The Morgan fingerprint density at radius 1 is 1.22 bits per heavy atom. The highest BCUT2D eigenvalue weighted by atomic mass is 79.9. The van der Waals surface area contributed by atoms with Gasteiger partial charge in [-0.3, -0.25) is 4.68 Å². The fourth-order valence-electron chi connectivity index (χ4n) is 1.77. The number of halogens is 1. The largest absolute Gasteiger partial charge is 0.487 e. The molecule has 1 aromatic carbocycles. The Morgan fingerprint density at radius 3 is 2.56 bits per heavy atom. The number of ether oxygens (including phenoxy) is 1. The molecule has 0 unspecified atom stereocenters. The maximum absolute atomic E-state index is 5.77. The van der Waals surface area contributed by atoms with E-state index in [2.05, 4.69) is 40.9 Å². The zero-order chi connectivity index (χ0) is 13.0. The SMILES string of the molecule is CCc1cc(COc2ccc(Br)cc2)n(CC)n1. The fraction of sp³-hybridized carbons (Fsp3) is 0.357. The van der Waals surface area contributed by atoms with Gasteiger partial charge < -0.3 is 4.74 Å². The molecule has 0 saturated heterocycles. The van der Waals surface area contributed by atoms with Gasteiger partial charge in [-0.2, -0.15) is 5.10 Å².